The standard InChI is InChI=1S/C18H25N3/c1-14(19-2)17-10-3-4-12-21(17)13-16-8-5-7-15-9-6-11-20-18(15)16/h5-9,11,14,17,19H,3-4,10,12-13H2,1-2H3. The molecule has 3 heteroatoms. The zero-order chi connectivity index (χ0) is 14.7. The molecule has 21 heavy (non-hydrogen) atoms. The number of piperidine rings is 1. The van der Waals surface area contributed by atoms with Gasteiger partial charge >= 0.3 is 0 Å². The molecule has 1 aromatic carbocycles. The number of aromatic nitrogens is 1. The molecule has 1 saturated heterocycles. The lowest BCUT2D eigenvalue weighted by Crippen LogP contribution is -2.49. The predicted octanol–water partition coefficient (Wildman–Crippen LogP) is 3.20. The number of hydrogen-bond donors (Lipinski definition) is 1. The average molecular weight is 283 g/mol. The summed E-state index contributed by atoms with van der Waals surface area (Å²) in [7, 11) is 2.07. The zero-order valence-electron chi connectivity index (χ0n) is 13.0. The van der Waals surface area contributed by atoms with Crippen molar-refractivity contribution in [3.63, 3.8) is 0 Å². The van der Waals surface area contributed by atoms with E-state index >= 15 is 0 Å². The molecule has 112 valence electrons. The van der Waals surface area contributed by atoms with Crippen molar-refractivity contribution in [3.05, 3.63) is 42.1 Å². The van der Waals surface area contributed by atoms with E-state index in [1.54, 1.807) is 0 Å². The highest BCUT2D eigenvalue weighted by atomic mass is 15.2. The van der Waals surface area contributed by atoms with Crippen molar-refractivity contribution in [1.29, 1.82) is 0 Å². The van der Waals surface area contributed by atoms with Gasteiger partial charge in [-0.15, -0.1) is 0 Å². The molecular weight excluding hydrogens is 258 g/mol. The lowest BCUT2D eigenvalue weighted by molar-refractivity contribution is 0.114. The van der Waals surface area contributed by atoms with E-state index in [-0.39, 0.29) is 0 Å². The maximum atomic E-state index is 4.59. The van der Waals surface area contributed by atoms with Gasteiger partial charge in [0.05, 0.1) is 5.52 Å². The summed E-state index contributed by atoms with van der Waals surface area (Å²) in [5.41, 5.74) is 2.50. The molecule has 0 spiro atoms. The Labute approximate surface area is 127 Å². The summed E-state index contributed by atoms with van der Waals surface area (Å²) in [5.74, 6) is 0. The normalized spacial score (nSPS) is 21.5. The second kappa shape index (κ2) is 6.54. The summed E-state index contributed by atoms with van der Waals surface area (Å²) in [6, 6.07) is 11.9. The van der Waals surface area contributed by atoms with E-state index in [2.05, 4.69) is 53.4 Å². The number of pyridine rings is 1. The number of nitrogens with one attached hydrogen (secondary N) is 1. The van der Waals surface area contributed by atoms with Crippen LogP contribution in [0.1, 0.15) is 31.7 Å². The van der Waals surface area contributed by atoms with E-state index < -0.39 is 0 Å². The molecule has 1 aromatic heterocycles. The highest BCUT2D eigenvalue weighted by Crippen LogP contribution is 2.24. The Kier molecular flexibility index (Phi) is 4.51. The summed E-state index contributed by atoms with van der Waals surface area (Å²) >= 11 is 0. The first-order valence-corrected chi connectivity index (χ1v) is 8.03. The van der Waals surface area contributed by atoms with Crippen LogP contribution in [0.2, 0.25) is 0 Å². The molecule has 1 fully saturated rings. The van der Waals surface area contributed by atoms with Crippen LogP contribution in [0.25, 0.3) is 10.9 Å². The van der Waals surface area contributed by atoms with Crippen molar-refractivity contribution in [2.45, 2.75) is 44.8 Å². The fraction of sp³-hybridized carbons (Fsp3) is 0.500. The van der Waals surface area contributed by atoms with Gasteiger partial charge in [0.2, 0.25) is 0 Å². The summed E-state index contributed by atoms with van der Waals surface area (Å²) < 4.78 is 0. The Morgan fingerprint density at radius 3 is 3.00 bits per heavy atom. The fourth-order valence-corrected chi connectivity index (χ4v) is 3.49. The van der Waals surface area contributed by atoms with Gasteiger partial charge in [0, 0.05) is 30.2 Å². The van der Waals surface area contributed by atoms with Gasteiger partial charge in [-0.25, -0.2) is 0 Å². The highest BCUT2D eigenvalue weighted by molar-refractivity contribution is 5.81. The van der Waals surface area contributed by atoms with E-state index in [4.69, 9.17) is 0 Å². The van der Waals surface area contributed by atoms with Gasteiger partial charge < -0.3 is 5.32 Å². The molecule has 0 bridgehead atoms. The third-order valence-corrected chi connectivity index (χ3v) is 4.79. The maximum Gasteiger partial charge on any atom is 0.0746 e. The molecular formula is C18H25N3. The smallest absolute Gasteiger partial charge is 0.0746 e. The minimum Gasteiger partial charge on any atom is -0.316 e. The number of fused-ring (bicyclic) bond motifs is 1. The number of rotatable bonds is 4. The molecule has 2 aromatic rings. The molecule has 2 heterocycles. The van der Waals surface area contributed by atoms with Crippen LogP contribution in [-0.2, 0) is 6.54 Å². The number of likely N-dealkylation sites (N-methyl/N-ethyl adjacent to an activating group) is 1. The average Bonchev–Trinajstić information content (AvgIpc) is 2.55. The van der Waals surface area contributed by atoms with Crippen molar-refractivity contribution in [2.24, 2.45) is 0 Å². The second-order valence-corrected chi connectivity index (χ2v) is 6.10. The van der Waals surface area contributed by atoms with Crippen LogP contribution in [0.15, 0.2) is 36.5 Å². The van der Waals surface area contributed by atoms with E-state index in [9.17, 15) is 0 Å². The molecule has 3 nitrogen and oxygen atoms in total. The quantitative estimate of drug-likeness (QED) is 0.934. The van der Waals surface area contributed by atoms with Crippen molar-refractivity contribution in [1.82, 2.24) is 15.2 Å². The van der Waals surface area contributed by atoms with Gasteiger partial charge in [-0.05, 0) is 45.0 Å². The van der Waals surface area contributed by atoms with Gasteiger partial charge in [0.15, 0.2) is 0 Å². The molecule has 0 saturated carbocycles. The summed E-state index contributed by atoms with van der Waals surface area (Å²) in [6.45, 7) is 4.50. The van der Waals surface area contributed by atoms with Gasteiger partial charge in [0.1, 0.15) is 0 Å². The second-order valence-electron chi connectivity index (χ2n) is 6.10. The fourth-order valence-electron chi connectivity index (χ4n) is 3.49. The Balaban J connectivity index is 1.86. The van der Waals surface area contributed by atoms with Gasteiger partial charge in [-0.3, -0.25) is 9.88 Å². The van der Waals surface area contributed by atoms with Crippen molar-refractivity contribution >= 4 is 10.9 Å². The molecule has 0 radical (unpaired) electrons. The van der Waals surface area contributed by atoms with Crippen LogP contribution < -0.4 is 5.32 Å². The number of likely N-dealkylation sites (tertiary alicyclic amines) is 1. The Hall–Kier alpha value is -1.45. The SMILES string of the molecule is CNC(C)C1CCCCN1Cc1cccc2cccnc12. The van der Waals surface area contributed by atoms with Crippen molar-refractivity contribution < 1.29 is 0 Å². The van der Waals surface area contributed by atoms with Crippen LogP contribution >= 0.6 is 0 Å². The monoisotopic (exact) mass is 283 g/mol. The van der Waals surface area contributed by atoms with E-state index in [0.29, 0.717) is 12.1 Å². The molecule has 3 rings (SSSR count). The third-order valence-electron chi connectivity index (χ3n) is 4.79. The first kappa shape index (κ1) is 14.5. The van der Waals surface area contributed by atoms with E-state index in [1.807, 2.05) is 12.3 Å². The summed E-state index contributed by atoms with van der Waals surface area (Å²) in [5, 5.41) is 4.67. The topological polar surface area (TPSA) is 28.2 Å². The molecule has 0 aliphatic carbocycles. The highest BCUT2D eigenvalue weighted by Gasteiger charge is 2.26. The molecule has 1 N–H and O–H groups in total. The van der Waals surface area contributed by atoms with Gasteiger partial charge in [0.25, 0.3) is 0 Å². The van der Waals surface area contributed by atoms with E-state index in [0.717, 1.165) is 12.1 Å². The van der Waals surface area contributed by atoms with Gasteiger partial charge in [-0.2, -0.15) is 0 Å². The molecule has 1 aliphatic heterocycles. The van der Waals surface area contributed by atoms with Gasteiger partial charge in [-0.1, -0.05) is 30.7 Å². The molecule has 1 aliphatic rings. The predicted molar refractivity (Wildman–Crippen MR) is 88.3 cm³/mol. The van der Waals surface area contributed by atoms with Crippen LogP contribution in [0.4, 0.5) is 0 Å². The minimum atomic E-state index is 0.535. The molecule has 2 unspecified atom stereocenters. The minimum absolute atomic E-state index is 0.535. The first-order chi connectivity index (χ1) is 10.3. The largest absolute Gasteiger partial charge is 0.316 e. The van der Waals surface area contributed by atoms with E-state index in [1.165, 1.54) is 36.8 Å². The van der Waals surface area contributed by atoms with Crippen LogP contribution in [0.5, 0.6) is 0 Å². The third kappa shape index (κ3) is 3.09. The number of nitrogens with zero attached hydrogens (tertiary/aromatic N) is 2. The van der Waals surface area contributed by atoms with Crippen LogP contribution in [-0.4, -0.2) is 35.6 Å². The molecule has 2 atom stereocenters. The molecule has 0 amide bonds. The number of hydrogen-bond acceptors (Lipinski definition) is 3. The summed E-state index contributed by atoms with van der Waals surface area (Å²) in [4.78, 5) is 7.23. The lowest BCUT2D eigenvalue weighted by Gasteiger charge is -2.39. The Bertz CT molecular complexity index is 591. The van der Waals surface area contributed by atoms with Crippen molar-refractivity contribution in [2.75, 3.05) is 13.6 Å². The van der Waals surface area contributed by atoms with Crippen LogP contribution in [0, 0.1) is 0 Å². The lowest BCUT2D eigenvalue weighted by atomic mass is 9.95. The van der Waals surface area contributed by atoms with Crippen LogP contribution in [0.3, 0.4) is 0 Å². The maximum absolute atomic E-state index is 4.59. The Morgan fingerprint density at radius 1 is 1.29 bits per heavy atom. The zero-order valence-corrected chi connectivity index (χ0v) is 13.0. The Morgan fingerprint density at radius 2 is 2.14 bits per heavy atom. The number of para-hydroxylation sites is 1. The summed E-state index contributed by atoms with van der Waals surface area (Å²) in [6.07, 6.45) is 5.85. The van der Waals surface area contributed by atoms with Crippen molar-refractivity contribution in [3.8, 4) is 0 Å². The number of benzene rings is 1. The first-order valence-electron chi connectivity index (χ1n) is 8.03.